The highest BCUT2D eigenvalue weighted by Gasteiger charge is 2.32. The molecule has 0 saturated heterocycles. The first kappa shape index (κ1) is 15.7. The van der Waals surface area contributed by atoms with Crippen LogP contribution < -0.4 is 15.8 Å². The summed E-state index contributed by atoms with van der Waals surface area (Å²) < 4.78 is 5.39. The van der Waals surface area contributed by atoms with Gasteiger partial charge in [-0.2, -0.15) is 0 Å². The molecule has 1 fully saturated rings. The molecule has 1 aliphatic carbocycles. The molecule has 116 valence electrons. The van der Waals surface area contributed by atoms with Gasteiger partial charge in [-0.1, -0.05) is 20.3 Å². The summed E-state index contributed by atoms with van der Waals surface area (Å²) in [6.07, 6.45) is 3.45. The number of amides is 1. The molecule has 1 amide bonds. The summed E-state index contributed by atoms with van der Waals surface area (Å²) in [4.78, 5) is 12.4. The van der Waals surface area contributed by atoms with E-state index in [4.69, 9.17) is 10.5 Å². The summed E-state index contributed by atoms with van der Waals surface area (Å²) in [5, 5.41) is 3.15. The molecule has 1 aliphatic rings. The van der Waals surface area contributed by atoms with Gasteiger partial charge < -0.3 is 15.8 Å². The second kappa shape index (κ2) is 6.83. The van der Waals surface area contributed by atoms with Gasteiger partial charge in [-0.05, 0) is 49.8 Å². The fourth-order valence-electron chi connectivity index (χ4n) is 3.26. The molecule has 0 spiro atoms. The first-order chi connectivity index (χ1) is 10.1. The number of benzene rings is 1. The van der Waals surface area contributed by atoms with Crippen molar-refractivity contribution >= 4 is 11.6 Å². The van der Waals surface area contributed by atoms with Crippen molar-refractivity contribution in [1.29, 1.82) is 0 Å². The van der Waals surface area contributed by atoms with Crippen molar-refractivity contribution in [2.24, 2.45) is 11.8 Å². The summed E-state index contributed by atoms with van der Waals surface area (Å²) in [5.41, 5.74) is 7.03. The lowest BCUT2D eigenvalue weighted by Gasteiger charge is -2.21. The van der Waals surface area contributed by atoms with Crippen LogP contribution in [0.15, 0.2) is 18.2 Å². The summed E-state index contributed by atoms with van der Waals surface area (Å²) in [5.74, 6) is 1.85. The summed E-state index contributed by atoms with van der Waals surface area (Å²) >= 11 is 0. The van der Waals surface area contributed by atoms with Gasteiger partial charge in [0.2, 0.25) is 0 Å². The predicted molar refractivity (Wildman–Crippen MR) is 85.5 cm³/mol. The lowest BCUT2D eigenvalue weighted by molar-refractivity contribution is 0.0926. The standard InChI is InChI=1S/C17H26N2O2/c1-4-12-6-8-15(11(12)3)19-17(20)13-7-9-16(21-5-2)14(18)10-13/h7,9-12,15H,4-6,8,18H2,1-3H3,(H,19,20). The number of ether oxygens (including phenoxy) is 1. The Kier molecular flexibility index (Phi) is 5.10. The molecule has 3 atom stereocenters. The van der Waals surface area contributed by atoms with E-state index in [0.29, 0.717) is 29.5 Å². The SMILES string of the molecule is CCOc1ccc(C(=O)NC2CCC(CC)C2C)cc1N. The number of rotatable bonds is 5. The fraction of sp³-hybridized carbons (Fsp3) is 0.588. The molecular formula is C17H26N2O2. The van der Waals surface area contributed by atoms with Gasteiger partial charge in [-0.15, -0.1) is 0 Å². The highest BCUT2D eigenvalue weighted by Crippen LogP contribution is 2.34. The van der Waals surface area contributed by atoms with Gasteiger partial charge in [0.15, 0.2) is 0 Å². The lowest BCUT2D eigenvalue weighted by Crippen LogP contribution is -2.37. The zero-order valence-corrected chi connectivity index (χ0v) is 13.2. The highest BCUT2D eigenvalue weighted by atomic mass is 16.5. The second-order valence-corrected chi connectivity index (χ2v) is 5.87. The maximum atomic E-state index is 12.4. The van der Waals surface area contributed by atoms with Crippen molar-refractivity contribution in [3.05, 3.63) is 23.8 Å². The van der Waals surface area contributed by atoms with Crippen molar-refractivity contribution in [1.82, 2.24) is 5.32 Å². The van der Waals surface area contributed by atoms with Gasteiger partial charge in [-0.25, -0.2) is 0 Å². The number of carbonyl (C=O) groups is 1. The number of carbonyl (C=O) groups excluding carboxylic acids is 1. The Balaban J connectivity index is 2.02. The van der Waals surface area contributed by atoms with Crippen LogP contribution in [0.2, 0.25) is 0 Å². The summed E-state index contributed by atoms with van der Waals surface area (Å²) in [6, 6.07) is 5.50. The molecule has 1 aromatic carbocycles. The predicted octanol–water partition coefficient (Wildman–Crippen LogP) is 3.22. The minimum absolute atomic E-state index is 0.0432. The molecular weight excluding hydrogens is 264 g/mol. The maximum absolute atomic E-state index is 12.4. The fourth-order valence-corrected chi connectivity index (χ4v) is 3.26. The molecule has 0 aliphatic heterocycles. The second-order valence-electron chi connectivity index (χ2n) is 5.87. The molecule has 0 heterocycles. The van der Waals surface area contributed by atoms with E-state index >= 15 is 0 Å². The molecule has 21 heavy (non-hydrogen) atoms. The van der Waals surface area contributed by atoms with Gasteiger partial charge in [0, 0.05) is 11.6 Å². The number of nitrogen functional groups attached to an aromatic ring is 1. The maximum Gasteiger partial charge on any atom is 0.251 e. The molecule has 0 aromatic heterocycles. The number of hydrogen-bond acceptors (Lipinski definition) is 3. The van der Waals surface area contributed by atoms with Crippen LogP contribution in [0.3, 0.4) is 0 Å². The first-order valence-electron chi connectivity index (χ1n) is 7.90. The zero-order chi connectivity index (χ0) is 15.4. The molecule has 0 bridgehead atoms. The quantitative estimate of drug-likeness (QED) is 0.818. The third kappa shape index (κ3) is 3.49. The third-order valence-corrected chi connectivity index (χ3v) is 4.64. The number of hydrogen-bond donors (Lipinski definition) is 2. The van der Waals surface area contributed by atoms with Crippen LogP contribution in [0.1, 0.15) is 50.4 Å². The third-order valence-electron chi connectivity index (χ3n) is 4.64. The average Bonchev–Trinajstić information content (AvgIpc) is 2.82. The van der Waals surface area contributed by atoms with Crippen LogP contribution >= 0.6 is 0 Å². The molecule has 4 heteroatoms. The van der Waals surface area contributed by atoms with E-state index in [-0.39, 0.29) is 11.9 Å². The largest absolute Gasteiger partial charge is 0.492 e. The Morgan fingerprint density at radius 1 is 1.38 bits per heavy atom. The van der Waals surface area contributed by atoms with Crippen molar-refractivity contribution in [2.75, 3.05) is 12.3 Å². The van der Waals surface area contributed by atoms with Gasteiger partial charge in [-0.3, -0.25) is 4.79 Å². The van der Waals surface area contributed by atoms with Crippen LogP contribution in [0.4, 0.5) is 5.69 Å². The summed E-state index contributed by atoms with van der Waals surface area (Å²) in [6.45, 7) is 6.93. The minimum atomic E-state index is -0.0432. The normalized spacial score (nSPS) is 24.8. The van der Waals surface area contributed by atoms with E-state index in [1.54, 1.807) is 18.2 Å². The van der Waals surface area contributed by atoms with E-state index in [1.165, 1.54) is 12.8 Å². The van der Waals surface area contributed by atoms with E-state index in [1.807, 2.05) is 6.92 Å². The van der Waals surface area contributed by atoms with E-state index in [2.05, 4.69) is 19.2 Å². The smallest absolute Gasteiger partial charge is 0.251 e. The zero-order valence-electron chi connectivity index (χ0n) is 13.2. The van der Waals surface area contributed by atoms with Crippen LogP contribution in [-0.2, 0) is 0 Å². The summed E-state index contributed by atoms with van der Waals surface area (Å²) in [7, 11) is 0. The van der Waals surface area contributed by atoms with E-state index in [9.17, 15) is 4.79 Å². The topological polar surface area (TPSA) is 64.3 Å². The molecule has 0 radical (unpaired) electrons. The number of nitrogens with two attached hydrogens (primary N) is 1. The molecule has 1 aromatic rings. The highest BCUT2D eigenvalue weighted by molar-refractivity contribution is 5.95. The molecule has 1 saturated carbocycles. The Morgan fingerprint density at radius 2 is 2.14 bits per heavy atom. The molecule has 4 nitrogen and oxygen atoms in total. The average molecular weight is 290 g/mol. The number of nitrogens with one attached hydrogen (secondary N) is 1. The van der Waals surface area contributed by atoms with E-state index < -0.39 is 0 Å². The van der Waals surface area contributed by atoms with Gasteiger partial charge in [0.05, 0.1) is 12.3 Å². The van der Waals surface area contributed by atoms with Crippen molar-refractivity contribution < 1.29 is 9.53 Å². The van der Waals surface area contributed by atoms with Crippen LogP contribution in [0.25, 0.3) is 0 Å². The Bertz CT molecular complexity index is 502. The Morgan fingerprint density at radius 3 is 2.71 bits per heavy atom. The lowest BCUT2D eigenvalue weighted by atomic mass is 9.93. The van der Waals surface area contributed by atoms with Crippen molar-refractivity contribution in [3.8, 4) is 5.75 Å². The van der Waals surface area contributed by atoms with Gasteiger partial charge in [0.25, 0.3) is 5.91 Å². The Labute approximate surface area is 127 Å². The number of anilines is 1. The van der Waals surface area contributed by atoms with Gasteiger partial charge >= 0.3 is 0 Å². The van der Waals surface area contributed by atoms with Crippen LogP contribution in [0, 0.1) is 11.8 Å². The van der Waals surface area contributed by atoms with Gasteiger partial charge in [0.1, 0.15) is 5.75 Å². The van der Waals surface area contributed by atoms with Crippen molar-refractivity contribution in [3.63, 3.8) is 0 Å². The minimum Gasteiger partial charge on any atom is -0.492 e. The molecule has 3 unspecified atom stereocenters. The van der Waals surface area contributed by atoms with Crippen molar-refractivity contribution in [2.45, 2.75) is 46.1 Å². The first-order valence-corrected chi connectivity index (χ1v) is 7.90. The van der Waals surface area contributed by atoms with Crippen LogP contribution in [0.5, 0.6) is 5.75 Å². The monoisotopic (exact) mass is 290 g/mol. The Hall–Kier alpha value is -1.71. The van der Waals surface area contributed by atoms with Crippen LogP contribution in [-0.4, -0.2) is 18.6 Å². The molecule has 3 N–H and O–H groups in total. The molecule has 2 rings (SSSR count). The van der Waals surface area contributed by atoms with E-state index in [0.717, 1.165) is 12.3 Å².